The highest BCUT2D eigenvalue weighted by Gasteiger charge is 2.35. The standard InChI is InChI=1S/C23H23BrN2O5/c1-3-29-22(27)26-11-10-17-18-13-15(24)8-9-19(18)25-20(17)21(26)14-6-5-7-16(12-14)31-23(28)30-4-2/h5-9,12-13,21,25H,3-4,10-11H2,1-2H3. The summed E-state index contributed by atoms with van der Waals surface area (Å²) in [5.41, 5.74) is 3.91. The van der Waals surface area contributed by atoms with Gasteiger partial charge in [-0.1, -0.05) is 28.1 Å². The SMILES string of the molecule is CCOC(=O)Oc1cccc(C2c3[nH]c4ccc(Br)cc4c3CCN2C(=O)OCC)c1. The number of aromatic amines is 1. The Balaban J connectivity index is 1.79. The molecule has 1 aromatic heterocycles. The third kappa shape index (κ3) is 4.25. The van der Waals surface area contributed by atoms with Gasteiger partial charge in [0.1, 0.15) is 11.8 Å². The molecule has 1 unspecified atom stereocenters. The van der Waals surface area contributed by atoms with Crippen molar-refractivity contribution >= 4 is 39.1 Å². The fourth-order valence-corrected chi connectivity index (χ4v) is 4.36. The number of nitrogens with zero attached hydrogens (tertiary/aromatic N) is 1. The number of nitrogens with one attached hydrogen (secondary N) is 1. The summed E-state index contributed by atoms with van der Waals surface area (Å²) in [7, 11) is 0. The Bertz CT molecular complexity index is 1130. The lowest BCUT2D eigenvalue weighted by Gasteiger charge is -2.35. The number of fused-ring (bicyclic) bond motifs is 3. The number of rotatable bonds is 4. The number of hydrogen-bond donors (Lipinski definition) is 1. The third-order valence-corrected chi connectivity index (χ3v) is 5.72. The zero-order valence-corrected chi connectivity index (χ0v) is 18.9. The second-order valence-corrected chi connectivity index (χ2v) is 8.03. The van der Waals surface area contributed by atoms with Gasteiger partial charge in [-0.05, 0) is 61.7 Å². The molecule has 0 bridgehead atoms. The molecule has 8 heteroatoms. The molecule has 3 aromatic rings. The molecule has 0 saturated heterocycles. The molecule has 1 atom stereocenters. The summed E-state index contributed by atoms with van der Waals surface area (Å²) in [5, 5.41) is 1.12. The van der Waals surface area contributed by atoms with Crippen LogP contribution in [0.1, 0.15) is 36.7 Å². The average molecular weight is 487 g/mol. The molecule has 0 aliphatic carbocycles. The Morgan fingerprint density at radius 1 is 1.13 bits per heavy atom. The normalized spacial score (nSPS) is 15.5. The largest absolute Gasteiger partial charge is 0.513 e. The summed E-state index contributed by atoms with van der Waals surface area (Å²) in [6.07, 6.45) is -0.434. The molecule has 1 amide bonds. The van der Waals surface area contributed by atoms with Crippen LogP contribution in [0.5, 0.6) is 5.75 Å². The van der Waals surface area contributed by atoms with Gasteiger partial charge in [0, 0.05) is 27.6 Å². The van der Waals surface area contributed by atoms with E-state index in [0.717, 1.165) is 26.6 Å². The summed E-state index contributed by atoms with van der Waals surface area (Å²) < 4.78 is 16.5. The van der Waals surface area contributed by atoms with Crippen molar-refractivity contribution < 1.29 is 23.8 Å². The smallest absolute Gasteiger partial charge is 0.450 e. The van der Waals surface area contributed by atoms with E-state index in [1.807, 2.05) is 18.2 Å². The molecule has 1 aliphatic heterocycles. The van der Waals surface area contributed by atoms with Crippen molar-refractivity contribution in [3.63, 3.8) is 0 Å². The monoisotopic (exact) mass is 486 g/mol. The molecule has 7 nitrogen and oxygen atoms in total. The van der Waals surface area contributed by atoms with Crippen molar-refractivity contribution in [1.29, 1.82) is 0 Å². The number of carbonyl (C=O) groups is 2. The number of halogens is 1. The van der Waals surface area contributed by atoms with Crippen LogP contribution in [0.3, 0.4) is 0 Å². The molecule has 1 aliphatic rings. The van der Waals surface area contributed by atoms with E-state index in [0.29, 0.717) is 25.3 Å². The quantitative estimate of drug-likeness (QED) is 0.385. The fraction of sp³-hybridized carbons (Fsp3) is 0.304. The summed E-state index contributed by atoms with van der Waals surface area (Å²) in [6.45, 7) is 4.54. The number of amides is 1. The van der Waals surface area contributed by atoms with E-state index in [2.05, 4.69) is 27.0 Å². The van der Waals surface area contributed by atoms with Crippen molar-refractivity contribution in [3.8, 4) is 5.75 Å². The summed E-state index contributed by atoms with van der Waals surface area (Å²) in [5.74, 6) is 0.353. The Labute approximate surface area is 188 Å². The summed E-state index contributed by atoms with van der Waals surface area (Å²) in [6, 6.07) is 12.8. The highest BCUT2D eigenvalue weighted by molar-refractivity contribution is 9.10. The minimum Gasteiger partial charge on any atom is -0.450 e. The predicted molar refractivity (Wildman–Crippen MR) is 119 cm³/mol. The molecule has 31 heavy (non-hydrogen) atoms. The van der Waals surface area contributed by atoms with Gasteiger partial charge < -0.3 is 19.2 Å². The fourth-order valence-electron chi connectivity index (χ4n) is 4.00. The van der Waals surface area contributed by atoms with Gasteiger partial charge in [-0.2, -0.15) is 0 Å². The van der Waals surface area contributed by atoms with E-state index in [1.165, 1.54) is 5.56 Å². The van der Waals surface area contributed by atoms with Crippen LogP contribution in [0.2, 0.25) is 0 Å². The van der Waals surface area contributed by atoms with E-state index >= 15 is 0 Å². The van der Waals surface area contributed by atoms with E-state index in [4.69, 9.17) is 14.2 Å². The lowest BCUT2D eigenvalue weighted by atomic mass is 9.92. The third-order valence-electron chi connectivity index (χ3n) is 5.23. The molecular weight excluding hydrogens is 464 g/mol. The molecule has 0 radical (unpaired) electrons. The summed E-state index contributed by atoms with van der Waals surface area (Å²) in [4.78, 5) is 29.8. The Morgan fingerprint density at radius 3 is 2.71 bits per heavy atom. The van der Waals surface area contributed by atoms with Gasteiger partial charge >= 0.3 is 12.2 Å². The van der Waals surface area contributed by atoms with Crippen LogP contribution in [-0.4, -0.2) is 41.9 Å². The van der Waals surface area contributed by atoms with Gasteiger partial charge in [-0.3, -0.25) is 4.90 Å². The molecular formula is C23H23BrN2O5. The molecule has 0 spiro atoms. The van der Waals surface area contributed by atoms with Gasteiger partial charge in [0.25, 0.3) is 0 Å². The molecule has 1 N–H and O–H groups in total. The first-order valence-electron chi connectivity index (χ1n) is 10.2. The number of hydrogen-bond acceptors (Lipinski definition) is 5. The Kier molecular flexibility index (Phi) is 6.18. The first-order chi connectivity index (χ1) is 15.0. The molecule has 2 aromatic carbocycles. The maximum absolute atomic E-state index is 12.8. The molecule has 0 fully saturated rings. The van der Waals surface area contributed by atoms with Crippen molar-refractivity contribution in [3.05, 3.63) is 63.8 Å². The Morgan fingerprint density at radius 2 is 1.94 bits per heavy atom. The van der Waals surface area contributed by atoms with Crippen LogP contribution < -0.4 is 4.74 Å². The van der Waals surface area contributed by atoms with Gasteiger partial charge in [-0.15, -0.1) is 0 Å². The van der Waals surface area contributed by atoms with Crippen LogP contribution in [-0.2, 0) is 15.9 Å². The topological polar surface area (TPSA) is 80.9 Å². The lowest BCUT2D eigenvalue weighted by molar-refractivity contribution is 0.0926. The number of ether oxygens (including phenoxy) is 3. The maximum Gasteiger partial charge on any atom is 0.513 e. The van der Waals surface area contributed by atoms with Gasteiger partial charge in [0.05, 0.1) is 13.2 Å². The highest BCUT2D eigenvalue weighted by Crippen LogP contribution is 2.40. The second-order valence-electron chi connectivity index (χ2n) is 7.11. The second kappa shape index (κ2) is 9.01. The number of carbonyl (C=O) groups excluding carboxylic acids is 2. The van der Waals surface area contributed by atoms with Crippen LogP contribution >= 0.6 is 15.9 Å². The van der Waals surface area contributed by atoms with E-state index in [1.54, 1.807) is 36.9 Å². The van der Waals surface area contributed by atoms with Crippen LogP contribution in [0, 0.1) is 0 Å². The van der Waals surface area contributed by atoms with Gasteiger partial charge in [0.2, 0.25) is 0 Å². The predicted octanol–water partition coefficient (Wildman–Crippen LogP) is 5.57. The molecule has 162 valence electrons. The van der Waals surface area contributed by atoms with Gasteiger partial charge in [-0.25, -0.2) is 9.59 Å². The van der Waals surface area contributed by atoms with Crippen LogP contribution in [0.25, 0.3) is 10.9 Å². The maximum atomic E-state index is 12.8. The Hall–Kier alpha value is -3.00. The minimum absolute atomic E-state index is 0.228. The molecule has 0 saturated carbocycles. The minimum atomic E-state index is -0.762. The molecule has 2 heterocycles. The van der Waals surface area contributed by atoms with Crippen molar-refractivity contribution in [2.45, 2.75) is 26.3 Å². The highest BCUT2D eigenvalue weighted by atomic mass is 79.9. The van der Waals surface area contributed by atoms with Crippen molar-refractivity contribution in [2.75, 3.05) is 19.8 Å². The molecule has 4 rings (SSSR count). The average Bonchev–Trinajstić information content (AvgIpc) is 3.11. The van der Waals surface area contributed by atoms with Gasteiger partial charge in [0.15, 0.2) is 0 Å². The van der Waals surface area contributed by atoms with E-state index in [-0.39, 0.29) is 12.7 Å². The first kappa shape index (κ1) is 21.2. The number of benzene rings is 2. The van der Waals surface area contributed by atoms with E-state index in [9.17, 15) is 9.59 Å². The number of aromatic nitrogens is 1. The van der Waals surface area contributed by atoms with Crippen molar-refractivity contribution in [2.24, 2.45) is 0 Å². The lowest BCUT2D eigenvalue weighted by Crippen LogP contribution is -2.41. The zero-order valence-electron chi connectivity index (χ0n) is 17.3. The first-order valence-corrected chi connectivity index (χ1v) is 11.0. The summed E-state index contributed by atoms with van der Waals surface area (Å²) >= 11 is 3.55. The van der Waals surface area contributed by atoms with Crippen LogP contribution in [0.4, 0.5) is 9.59 Å². The van der Waals surface area contributed by atoms with Crippen LogP contribution in [0.15, 0.2) is 46.9 Å². The van der Waals surface area contributed by atoms with Crippen molar-refractivity contribution in [1.82, 2.24) is 9.88 Å². The van der Waals surface area contributed by atoms with E-state index < -0.39 is 12.2 Å². The zero-order chi connectivity index (χ0) is 22.0. The number of H-pyrrole nitrogens is 1.